The van der Waals surface area contributed by atoms with Crippen molar-refractivity contribution in [2.75, 3.05) is 0 Å². The molecule has 1 saturated carbocycles. The first-order chi connectivity index (χ1) is 9.00. The average molecular weight is 262 g/mol. The molecule has 0 spiro atoms. The average Bonchev–Trinajstić information content (AvgIpc) is 2.35. The molecule has 2 amide bonds. The number of benzene rings is 1. The summed E-state index contributed by atoms with van der Waals surface area (Å²) >= 11 is 0. The first kappa shape index (κ1) is 13.4. The summed E-state index contributed by atoms with van der Waals surface area (Å²) in [7, 11) is 0. The van der Waals surface area contributed by atoms with E-state index in [9.17, 15) is 14.7 Å². The lowest BCUT2D eigenvalue weighted by Crippen LogP contribution is -2.55. The minimum atomic E-state index is -1.07. The lowest BCUT2D eigenvalue weighted by atomic mass is 9.79. The number of hydrogen-bond acceptors (Lipinski definition) is 2. The Morgan fingerprint density at radius 2 is 1.89 bits per heavy atom. The van der Waals surface area contributed by atoms with Gasteiger partial charge >= 0.3 is 12.0 Å². The third-order valence-corrected chi connectivity index (χ3v) is 3.53. The SMILES string of the molecule is CC1(NC(=O)N[C@@H](C(=O)O)c2ccccc2)CCC1. The van der Waals surface area contributed by atoms with E-state index in [1.165, 1.54) is 0 Å². The summed E-state index contributed by atoms with van der Waals surface area (Å²) in [6, 6.07) is 7.21. The van der Waals surface area contributed by atoms with E-state index in [-0.39, 0.29) is 5.54 Å². The van der Waals surface area contributed by atoms with Crippen LogP contribution in [0.4, 0.5) is 4.79 Å². The molecule has 102 valence electrons. The molecule has 1 fully saturated rings. The number of urea groups is 1. The molecule has 0 radical (unpaired) electrons. The van der Waals surface area contributed by atoms with Crippen molar-refractivity contribution in [1.82, 2.24) is 10.6 Å². The molecule has 1 aliphatic carbocycles. The highest BCUT2D eigenvalue weighted by Crippen LogP contribution is 2.30. The minimum Gasteiger partial charge on any atom is -0.479 e. The van der Waals surface area contributed by atoms with E-state index in [1.54, 1.807) is 30.3 Å². The van der Waals surface area contributed by atoms with Gasteiger partial charge in [0, 0.05) is 5.54 Å². The molecule has 0 aromatic heterocycles. The molecule has 19 heavy (non-hydrogen) atoms. The zero-order valence-corrected chi connectivity index (χ0v) is 10.8. The molecular weight excluding hydrogens is 244 g/mol. The van der Waals surface area contributed by atoms with Crippen molar-refractivity contribution in [2.24, 2.45) is 0 Å². The summed E-state index contributed by atoms with van der Waals surface area (Å²) in [5.41, 5.74) is 0.369. The largest absolute Gasteiger partial charge is 0.479 e. The van der Waals surface area contributed by atoms with E-state index >= 15 is 0 Å². The molecule has 0 heterocycles. The van der Waals surface area contributed by atoms with E-state index in [0.29, 0.717) is 5.56 Å². The molecule has 2 rings (SSSR count). The van der Waals surface area contributed by atoms with Crippen molar-refractivity contribution in [3.05, 3.63) is 35.9 Å². The maximum Gasteiger partial charge on any atom is 0.330 e. The fourth-order valence-electron chi connectivity index (χ4n) is 2.21. The Morgan fingerprint density at radius 3 is 2.37 bits per heavy atom. The fourth-order valence-corrected chi connectivity index (χ4v) is 2.21. The van der Waals surface area contributed by atoms with Gasteiger partial charge in [0.1, 0.15) is 0 Å². The quantitative estimate of drug-likeness (QED) is 0.777. The highest BCUT2D eigenvalue weighted by atomic mass is 16.4. The molecule has 1 aromatic carbocycles. The molecule has 1 atom stereocenters. The number of nitrogens with one attached hydrogen (secondary N) is 2. The Morgan fingerprint density at radius 1 is 1.26 bits per heavy atom. The van der Waals surface area contributed by atoms with Crippen molar-refractivity contribution in [2.45, 2.75) is 37.8 Å². The van der Waals surface area contributed by atoms with Gasteiger partial charge in [-0.15, -0.1) is 0 Å². The van der Waals surface area contributed by atoms with Crippen molar-refractivity contribution in [1.29, 1.82) is 0 Å². The van der Waals surface area contributed by atoms with Crippen LogP contribution in [0, 0.1) is 0 Å². The second-order valence-corrected chi connectivity index (χ2v) is 5.19. The third-order valence-electron chi connectivity index (χ3n) is 3.53. The number of carboxylic acid groups (broad SMARTS) is 1. The van der Waals surface area contributed by atoms with Crippen LogP contribution in [0.5, 0.6) is 0 Å². The summed E-state index contributed by atoms with van der Waals surface area (Å²) in [5, 5.41) is 14.5. The van der Waals surface area contributed by atoms with Gasteiger partial charge in [0.2, 0.25) is 0 Å². The summed E-state index contributed by atoms with van der Waals surface area (Å²) in [4.78, 5) is 23.1. The summed E-state index contributed by atoms with van der Waals surface area (Å²) in [5.74, 6) is -1.07. The normalized spacial score (nSPS) is 17.9. The lowest BCUT2D eigenvalue weighted by molar-refractivity contribution is -0.139. The minimum absolute atomic E-state index is 0.191. The zero-order chi connectivity index (χ0) is 13.9. The Bertz CT molecular complexity index is 469. The summed E-state index contributed by atoms with van der Waals surface area (Å²) in [6.45, 7) is 1.97. The van der Waals surface area contributed by atoms with Crippen LogP contribution in [-0.2, 0) is 4.79 Å². The Hall–Kier alpha value is -2.04. The molecule has 0 saturated heterocycles. The first-order valence-corrected chi connectivity index (χ1v) is 6.37. The van der Waals surface area contributed by atoms with Gasteiger partial charge in [0.15, 0.2) is 6.04 Å². The molecule has 5 nitrogen and oxygen atoms in total. The van der Waals surface area contributed by atoms with Crippen LogP contribution in [0.2, 0.25) is 0 Å². The molecule has 5 heteroatoms. The molecule has 1 aliphatic rings. The zero-order valence-electron chi connectivity index (χ0n) is 10.8. The van der Waals surface area contributed by atoms with Gasteiger partial charge in [0.05, 0.1) is 0 Å². The highest BCUT2D eigenvalue weighted by Gasteiger charge is 2.34. The van der Waals surface area contributed by atoms with E-state index in [2.05, 4.69) is 10.6 Å². The predicted molar refractivity (Wildman–Crippen MR) is 70.7 cm³/mol. The molecule has 1 aromatic rings. The van der Waals surface area contributed by atoms with Gasteiger partial charge in [-0.3, -0.25) is 0 Å². The number of carboxylic acids is 1. The summed E-state index contributed by atoms with van der Waals surface area (Å²) in [6.07, 6.45) is 2.96. The second-order valence-electron chi connectivity index (χ2n) is 5.19. The fraction of sp³-hybridized carbons (Fsp3) is 0.429. The summed E-state index contributed by atoms with van der Waals surface area (Å²) < 4.78 is 0. The van der Waals surface area contributed by atoms with E-state index in [4.69, 9.17) is 0 Å². The van der Waals surface area contributed by atoms with Crippen molar-refractivity contribution < 1.29 is 14.7 Å². The molecule has 0 aliphatic heterocycles. The number of hydrogen-bond donors (Lipinski definition) is 3. The molecule has 0 bridgehead atoms. The van der Waals surface area contributed by atoms with Crippen LogP contribution in [0.3, 0.4) is 0 Å². The maximum atomic E-state index is 11.9. The number of carbonyl (C=O) groups excluding carboxylic acids is 1. The standard InChI is InChI=1S/C14H18N2O3/c1-14(8-5-9-14)16-13(19)15-11(12(17)18)10-6-3-2-4-7-10/h2-4,6-7,11H,5,8-9H2,1H3,(H,17,18)(H2,15,16,19)/t11-/m1/s1. The second kappa shape index (κ2) is 5.30. The Balaban J connectivity index is 2.01. The first-order valence-electron chi connectivity index (χ1n) is 6.37. The molecule has 3 N–H and O–H groups in total. The highest BCUT2D eigenvalue weighted by molar-refractivity contribution is 5.84. The van der Waals surface area contributed by atoms with Gasteiger partial charge in [0.25, 0.3) is 0 Å². The van der Waals surface area contributed by atoms with Gasteiger partial charge in [-0.25, -0.2) is 9.59 Å². The Labute approximate surface area is 112 Å². The topological polar surface area (TPSA) is 78.4 Å². The van der Waals surface area contributed by atoms with Gasteiger partial charge in [-0.2, -0.15) is 0 Å². The number of rotatable bonds is 4. The number of carbonyl (C=O) groups is 2. The smallest absolute Gasteiger partial charge is 0.330 e. The maximum absolute atomic E-state index is 11.9. The Kier molecular flexibility index (Phi) is 3.74. The lowest BCUT2D eigenvalue weighted by Gasteiger charge is -2.39. The van der Waals surface area contributed by atoms with Crippen molar-refractivity contribution in [3.63, 3.8) is 0 Å². The number of amides is 2. The van der Waals surface area contributed by atoms with Crippen LogP contribution >= 0.6 is 0 Å². The van der Waals surface area contributed by atoms with E-state index in [0.717, 1.165) is 19.3 Å². The van der Waals surface area contributed by atoms with E-state index < -0.39 is 18.0 Å². The van der Waals surface area contributed by atoms with Crippen LogP contribution in [-0.4, -0.2) is 22.6 Å². The van der Waals surface area contributed by atoms with Gasteiger partial charge < -0.3 is 15.7 Å². The van der Waals surface area contributed by atoms with Crippen molar-refractivity contribution in [3.8, 4) is 0 Å². The molecular formula is C14H18N2O3. The van der Waals surface area contributed by atoms with Crippen LogP contribution in [0.25, 0.3) is 0 Å². The van der Waals surface area contributed by atoms with E-state index in [1.807, 2.05) is 6.92 Å². The van der Waals surface area contributed by atoms with Crippen molar-refractivity contribution >= 4 is 12.0 Å². The van der Waals surface area contributed by atoms with Gasteiger partial charge in [-0.05, 0) is 31.7 Å². The van der Waals surface area contributed by atoms with Crippen LogP contribution in [0.1, 0.15) is 37.8 Å². The number of aliphatic carboxylic acids is 1. The molecule has 0 unspecified atom stereocenters. The van der Waals surface area contributed by atoms with Crippen LogP contribution in [0.15, 0.2) is 30.3 Å². The predicted octanol–water partition coefficient (Wildman–Crippen LogP) is 2.05. The third kappa shape index (κ3) is 3.24. The van der Waals surface area contributed by atoms with Gasteiger partial charge in [-0.1, -0.05) is 30.3 Å². The monoisotopic (exact) mass is 262 g/mol. The van der Waals surface area contributed by atoms with Crippen LogP contribution < -0.4 is 10.6 Å².